The second kappa shape index (κ2) is 4.88. The average molecular weight is 251 g/mol. The van der Waals surface area contributed by atoms with Gasteiger partial charge in [0.2, 0.25) is 5.91 Å². The topological polar surface area (TPSA) is 20.3 Å². The van der Waals surface area contributed by atoms with E-state index in [1.165, 1.54) is 5.56 Å². The first-order chi connectivity index (χ1) is 9.25. The summed E-state index contributed by atoms with van der Waals surface area (Å²) in [7, 11) is 0. The second-order valence-corrected chi connectivity index (χ2v) is 5.04. The van der Waals surface area contributed by atoms with Gasteiger partial charge in [0, 0.05) is 18.5 Å². The van der Waals surface area contributed by atoms with Crippen molar-refractivity contribution in [1.82, 2.24) is 0 Å². The van der Waals surface area contributed by atoms with Crippen LogP contribution in [0.25, 0.3) is 11.1 Å². The van der Waals surface area contributed by atoms with Crippen molar-refractivity contribution in [3.8, 4) is 11.1 Å². The van der Waals surface area contributed by atoms with E-state index in [0.29, 0.717) is 6.42 Å². The van der Waals surface area contributed by atoms with Crippen LogP contribution in [-0.4, -0.2) is 12.5 Å². The fourth-order valence-electron chi connectivity index (χ4n) is 2.63. The highest BCUT2D eigenvalue weighted by atomic mass is 16.2. The standard InChI is InChI=1S/C17H17NO/c1-13-9-10-15(14-6-3-2-4-7-14)16(12-13)18-11-5-8-17(18)19/h2-4,6-7,9-10,12H,5,8,11H2,1H3. The number of carbonyl (C=O) groups is 1. The molecule has 0 bridgehead atoms. The number of aryl methyl sites for hydroxylation is 1. The van der Waals surface area contributed by atoms with Crippen LogP contribution >= 0.6 is 0 Å². The summed E-state index contributed by atoms with van der Waals surface area (Å²) in [5.74, 6) is 0.239. The Morgan fingerprint density at radius 2 is 1.84 bits per heavy atom. The molecule has 96 valence electrons. The molecule has 0 radical (unpaired) electrons. The highest BCUT2D eigenvalue weighted by Gasteiger charge is 2.24. The maximum Gasteiger partial charge on any atom is 0.227 e. The minimum absolute atomic E-state index is 0.239. The zero-order valence-corrected chi connectivity index (χ0v) is 11.1. The number of hydrogen-bond donors (Lipinski definition) is 0. The molecule has 0 aromatic heterocycles. The van der Waals surface area contributed by atoms with Crippen molar-refractivity contribution in [2.24, 2.45) is 0 Å². The van der Waals surface area contributed by atoms with Crippen molar-refractivity contribution in [2.45, 2.75) is 19.8 Å². The molecule has 1 aliphatic heterocycles. The van der Waals surface area contributed by atoms with Crippen molar-refractivity contribution >= 4 is 11.6 Å². The summed E-state index contributed by atoms with van der Waals surface area (Å²) in [5.41, 5.74) is 4.54. The molecule has 2 aromatic carbocycles. The van der Waals surface area contributed by atoms with Gasteiger partial charge in [0.15, 0.2) is 0 Å². The maximum atomic E-state index is 12.0. The summed E-state index contributed by atoms with van der Waals surface area (Å²) < 4.78 is 0. The van der Waals surface area contributed by atoms with Crippen LogP contribution in [0.2, 0.25) is 0 Å². The van der Waals surface area contributed by atoms with Gasteiger partial charge in [0.1, 0.15) is 0 Å². The molecule has 1 fully saturated rings. The number of benzene rings is 2. The lowest BCUT2D eigenvalue weighted by molar-refractivity contribution is -0.117. The summed E-state index contributed by atoms with van der Waals surface area (Å²) >= 11 is 0. The number of rotatable bonds is 2. The lowest BCUT2D eigenvalue weighted by Gasteiger charge is -2.20. The van der Waals surface area contributed by atoms with Gasteiger partial charge in [-0.25, -0.2) is 0 Å². The zero-order chi connectivity index (χ0) is 13.2. The van der Waals surface area contributed by atoms with Gasteiger partial charge in [-0.3, -0.25) is 4.79 Å². The van der Waals surface area contributed by atoms with E-state index in [9.17, 15) is 4.79 Å². The summed E-state index contributed by atoms with van der Waals surface area (Å²) in [5, 5.41) is 0. The van der Waals surface area contributed by atoms with Gasteiger partial charge in [0.25, 0.3) is 0 Å². The number of nitrogens with zero attached hydrogens (tertiary/aromatic N) is 1. The van der Waals surface area contributed by atoms with Gasteiger partial charge < -0.3 is 4.90 Å². The summed E-state index contributed by atoms with van der Waals surface area (Å²) in [4.78, 5) is 13.9. The van der Waals surface area contributed by atoms with Gasteiger partial charge in [-0.1, -0.05) is 42.5 Å². The van der Waals surface area contributed by atoms with Crippen LogP contribution in [0.4, 0.5) is 5.69 Å². The normalized spacial score (nSPS) is 15.0. The van der Waals surface area contributed by atoms with Gasteiger partial charge in [-0.05, 0) is 30.5 Å². The largest absolute Gasteiger partial charge is 0.312 e. The van der Waals surface area contributed by atoms with Crippen molar-refractivity contribution in [2.75, 3.05) is 11.4 Å². The summed E-state index contributed by atoms with van der Waals surface area (Å²) in [6, 6.07) is 16.6. The second-order valence-electron chi connectivity index (χ2n) is 5.04. The molecule has 0 saturated carbocycles. The molecule has 3 rings (SSSR count). The molecule has 19 heavy (non-hydrogen) atoms. The number of amides is 1. The Labute approximate surface area is 113 Å². The van der Waals surface area contributed by atoms with Gasteiger partial charge in [-0.2, -0.15) is 0 Å². The molecular weight excluding hydrogens is 234 g/mol. The average Bonchev–Trinajstić information content (AvgIpc) is 2.86. The maximum absolute atomic E-state index is 12.0. The molecule has 0 N–H and O–H groups in total. The molecule has 1 aliphatic rings. The third-order valence-corrected chi connectivity index (χ3v) is 3.60. The van der Waals surface area contributed by atoms with Crippen molar-refractivity contribution < 1.29 is 4.79 Å². The third-order valence-electron chi connectivity index (χ3n) is 3.60. The highest BCUT2D eigenvalue weighted by Crippen LogP contribution is 2.34. The van der Waals surface area contributed by atoms with Crippen LogP contribution in [-0.2, 0) is 4.79 Å². The Bertz CT molecular complexity index is 604. The van der Waals surface area contributed by atoms with Gasteiger partial charge in [0.05, 0.1) is 5.69 Å². The van der Waals surface area contributed by atoms with Gasteiger partial charge >= 0.3 is 0 Å². The molecule has 1 heterocycles. The first kappa shape index (κ1) is 12.0. The Morgan fingerprint density at radius 3 is 2.53 bits per heavy atom. The van der Waals surface area contributed by atoms with Crippen LogP contribution in [0.5, 0.6) is 0 Å². The molecule has 2 heteroatoms. The first-order valence-corrected chi connectivity index (χ1v) is 6.72. The molecule has 0 atom stereocenters. The van der Waals surface area contributed by atoms with Crippen LogP contribution < -0.4 is 4.90 Å². The molecule has 1 amide bonds. The van der Waals surface area contributed by atoms with E-state index in [-0.39, 0.29) is 5.91 Å². The monoisotopic (exact) mass is 251 g/mol. The van der Waals surface area contributed by atoms with E-state index in [1.807, 2.05) is 23.1 Å². The first-order valence-electron chi connectivity index (χ1n) is 6.72. The van der Waals surface area contributed by atoms with E-state index in [2.05, 4.69) is 37.3 Å². The third kappa shape index (κ3) is 2.26. The molecule has 2 nitrogen and oxygen atoms in total. The van der Waals surface area contributed by atoms with E-state index in [0.717, 1.165) is 29.8 Å². The van der Waals surface area contributed by atoms with Crippen molar-refractivity contribution in [3.05, 3.63) is 54.1 Å². The molecule has 1 saturated heterocycles. The van der Waals surface area contributed by atoms with Crippen LogP contribution in [0.1, 0.15) is 18.4 Å². The summed E-state index contributed by atoms with van der Waals surface area (Å²) in [6.45, 7) is 2.90. The Balaban J connectivity index is 2.12. The number of carbonyl (C=O) groups excluding carboxylic acids is 1. The predicted molar refractivity (Wildman–Crippen MR) is 78.2 cm³/mol. The smallest absolute Gasteiger partial charge is 0.227 e. The van der Waals surface area contributed by atoms with Crippen LogP contribution in [0.3, 0.4) is 0 Å². The Morgan fingerprint density at radius 1 is 1.05 bits per heavy atom. The van der Waals surface area contributed by atoms with E-state index >= 15 is 0 Å². The fourth-order valence-corrected chi connectivity index (χ4v) is 2.63. The highest BCUT2D eigenvalue weighted by molar-refractivity contribution is 5.99. The zero-order valence-electron chi connectivity index (χ0n) is 11.1. The predicted octanol–water partition coefficient (Wildman–Crippen LogP) is 3.79. The minimum atomic E-state index is 0.239. The van der Waals surface area contributed by atoms with Gasteiger partial charge in [-0.15, -0.1) is 0 Å². The number of hydrogen-bond acceptors (Lipinski definition) is 1. The van der Waals surface area contributed by atoms with E-state index in [4.69, 9.17) is 0 Å². The molecule has 0 spiro atoms. The van der Waals surface area contributed by atoms with Crippen LogP contribution in [0.15, 0.2) is 48.5 Å². The lowest BCUT2D eigenvalue weighted by atomic mass is 10.0. The molecular formula is C17H17NO. The summed E-state index contributed by atoms with van der Waals surface area (Å²) in [6.07, 6.45) is 1.63. The SMILES string of the molecule is Cc1ccc(-c2ccccc2)c(N2CCCC2=O)c1. The minimum Gasteiger partial charge on any atom is -0.312 e. The molecule has 2 aromatic rings. The quantitative estimate of drug-likeness (QED) is 0.795. The Hall–Kier alpha value is -2.09. The van der Waals surface area contributed by atoms with E-state index < -0.39 is 0 Å². The molecule has 0 unspecified atom stereocenters. The van der Waals surface area contributed by atoms with Crippen molar-refractivity contribution in [3.63, 3.8) is 0 Å². The van der Waals surface area contributed by atoms with Crippen molar-refractivity contribution in [1.29, 1.82) is 0 Å². The van der Waals surface area contributed by atoms with E-state index in [1.54, 1.807) is 0 Å². The Kier molecular flexibility index (Phi) is 3.08. The molecule has 0 aliphatic carbocycles. The fraction of sp³-hybridized carbons (Fsp3) is 0.235. The number of anilines is 1. The van der Waals surface area contributed by atoms with Crippen LogP contribution in [0, 0.1) is 6.92 Å². The lowest BCUT2D eigenvalue weighted by Crippen LogP contribution is -2.24.